The number of aliphatic hydroxyl groups excluding tert-OH is 1. The zero-order valence-corrected chi connectivity index (χ0v) is 13.8. The Hall–Kier alpha value is -0.710. The third-order valence-corrected chi connectivity index (χ3v) is 5.60. The van der Waals surface area contributed by atoms with E-state index in [0.29, 0.717) is 0 Å². The summed E-state index contributed by atoms with van der Waals surface area (Å²) in [5.74, 6) is 0. The van der Waals surface area contributed by atoms with Gasteiger partial charge < -0.3 is 10.2 Å². The van der Waals surface area contributed by atoms with Crippen molar-refractivity contribution in [2.24, 2.45) is 0 Å². The van der Waals surface area contributed by atoms with Crippen LogP contribution in [-0.4, -0.2) is 52.1 Å². The molecule has 0 aromatic heterocycles. The molecule has 0 fully saturated rings. The van der Waals surface area contributed by atoms with E-state index in [4.69, 9.17) is 16.7 Å². The fourth-order valence-electron chi connectivity index (χ4n) is 1.30. The first-order chi connectivity index (χ1) is 9.39. The summed E-state index contributed by atoms with van der Waals surface area (Å²) in [6.45, 7) is 0.141. The minimum absolute atomic E-state index is 0.154. The van der Waals surface area contributed by atoms with Gasteiger partial charge in [-0.15, -0.1) is 0 Å². The van der Waals surface area contributed by atoms with Gasteiger partial charge in [0.25, 0.3) is 0 Å². The molecule has 0 bridgehead atoms. The number of rotatable bonds is 6. The monoisotopic (exact) mass is 357 g/mol. The van der Waals surface area contributed by atoms with Gasteiger partial charge in [0.15, 0.2) is 9.84 Å². The van der Waals surface area contributed by atoms with Crippen LogP contribution in [0.2, 0.25) is 5.02 Å². The van der Waals surface area contributed by atoms with E-state index in [2.05, 4.69) is 4.72 Å². The van der Waals surface area contributed by atoms with E-state index in [9.17, 15) is 21.9 Å². The summed E-state index contributed by atoms with van der Waals surface area (Å²) < 4.78 is 49.2. The number of sulfonamides is 1. The molecule has 0 aliphatic rings. The van der Waals surface area contributed by atoms with Crippen molar-refractivity contribution >= 4 is 31.5 Å². The third kappa shape index (κ3) is 4.90. The maximum absolute atomic E-state index is 12.1. The molecule has 21 heavy (non-hydrogen) atoms. The SMILES string of the molecule is CC(O)(CO)CNS(=O)(=O)c1cc(S(C)(=O)=O)ccc1Cl. The lowest BCUT2D eigenvalue weighted by Crippen LogP contribution is -2.43. The van der Waals surface area contributed by atoms with Gasteiger partial charge in [-0.05, 0) is 25.1 Å². The van der Waals surface area contributed by atoms with Crippen molar-refractivity contribution in [1.82, 2.24) is 4.72 Å². The van der Waals surface area contributed by atoms with Crippen molar-refractivity contribution in [3.63, 3.8) is 0 Å². The number of benzene rings is 1. The predicted molar refractivity (Wildman–Crippen MR) is 77.5 cm³/mol. The summed E-state index contributed by atoms with van der Waals surface area (Å²) in [4.78, 5) is -0.609. The molecule has 1 atom stereocenters. The van der Waals surface area contributed by atoms with Crippen LogP contribution in [0.3, 0.4) is 0 Å². The lowest BCUT2D eigenvalue weighted by molar-refractivity contribution is 0.00681. The van der Waals surface area contributed by atoms with Gasteiger partial charge in [-0.25, -0.2) is 21.6 Å². The molecular weight excluding hydrogens is 342 g/mol. The number of nitrogens with one attached hydrogen (secondary N) is 1. The van der Waals surface area contributed by atoms with Crippen LogP contribution in [-0.2, 0) is 19.9 Å². The lowest BCUT2D eigenvalue weighted by Gasteiger charge is -2.20. The molecule has 0 heterocycles. The highest BCUT2D eigenvalue weighted by molar-refractivity contribution is 7.91. The fraction of sp³-hybridized carbons (Fsp3) is 0.455. The molecule has 0 aliphatic heterocycles. The maximum Gasteiger partial charge on any atom is 0.242 e. The first-order valence-electron chi connectivity index (χ1n) is 5.71. The van der Waals surface area contributed by atoms with Crippen molar-refractivity contribution < 1.29 is 27.0 Å². The molecule has 3 N–H and O–H groups in total. The zero-order valence-electron chi connectivity index (χ0n) is 11.4. The summed E-state index contributed by atoms with van der Waals surface area (Å²) in [5.41, 5.74) is -1.64. The fourth-order valence-corrected chi connectivity index (χ4v) is 3.71. The van der Waals surface area contributed by atoms with Crippen LogP contribution in [0, 0.1) is 0 Å². The third-order valence-electron chi connectivity index (χ3n) is 2.60. The van der Waals surface area contributed by atoms with Crippen LogP contribution in [0.5, 0.6) is 0 Å². The highest BCUT2D eigenvalue weighted by atomic mass is 35.5. The smallest absolute Gasteiger partial charge is 0.242 e. The normalized spacial score (nSPS) is 15.7. The molecule has 10 heteroatoms. The molecule has 1 aromatic carbocycles. The van der Waals surface area contributed by atoms with Gasteiger partial charge >= 0.3 is 0 Å². The largest absolute Gasteiger partial charge is 0.393 e. The summed E-state index contributed by atoms with van der Waals surface area (Å²) >= 11 is 5.79. The van der Waals surface area contributed by atoms with Crippen molar-refractivity contribution in [3.05, 3.63) is 23.2 Å². The van der Waals surface area contributed by atoms with Gasteiger partial charge in [0.05, 0.1) is 22.1 Å². The second kappa shape index (κ2) is 6.19. The van der Waals surface area contributed by atoms with Crippen LogP contribution in [0.4, 0.5) is 0 Å². The molecule has 120 valence electrons. The Morgan fingerprint density at radius 1 is 1.29 bits per heavy atom. The predicted octanol–water partition coefficient (Wildman–Crippen LogP) is -0.235. The van der Waals surface area contributed by atoms with Gasteiger partial charge in [0.1, 0.15) is 4.90 Å². The highest BCUT2D eigenvalue weighted by Crippen LogP contribution is 2.24. The molecule has 0 amide bonds. The van der Waals surface area contributed by atoms with Crippen LogP contribution in [0.25, 0.3) is 0 Å². The molecule has 1 rings (SSSR count). The first kappa shape index (κ1) is 18.3. The van der Waals surface area contributed by atoms with Gasteiger partial charge in [-0.3, -0.25) is 0 Å². The molecule has 1 aromatic rings. The average molecular weight is 358 g/mol. The Kier molecular flexibility index (Phi) is 5.40. The Morgan fingerprint density at radius 2 is 1.86 bits per heavy atom. The minimum Gasteiger partial charge on any atom is -0.393 e. The van der Waals surface area contributed by atoms with Crippen molar-refractivity contribution in [2.75, 3.05) is 19.4 Å². The molecule has 0 saturated carbocycles. The first-order valence-corrected chi connectivity index (χ1v) is 9.47. The van der Waals surface area contributed by atoms with E-state index < -0.39 is 43.5 Å². The van der Waals surface area contributed by atoms with Gasteiger partial charge in [0.2, 0.25) is 10.0 Å². The van der Waals surface area contributed by atoms with E-state index in [-0.39, 0.29) is 9.92 Å². The molecular formula is C11H16ClNO6S2. The van der Waals surface area contributed by atoms with E-state index in [0.717, 1.165) is 18.4 Å². The van der Waals surface area contributed by atoms with Crippen LogP contribution >= 0.6 is 11.6 Å². The number of halogens is 1. The second-order valence-electron chi connectivity index (χ2n) is 4.84. The standard InChI is InChI=1S/C11H16ClNO6S2/c1-11(15,7-14)6-13-21(18,19)10-5-8(20(2,16)17)3-4-9(10)12/h3-5,13-15H,6-7H2,1-2H3. The number of hydrogen-bond acceptors (Lipinski definition) is 6. The zero-order chi connectivity index (χ0) is 16.5. The Morgan fingerprint density at radius 3 is 2.33 bits per heavy atom. The summed E-state index contributed by atoms with van der Waals surface area (Å²) in [6, 6.07) is 3.30. The maximum atomic E-state index is 12.1. The van der Waals surface area contributed by atoms with E-state index in [1.807, 2.05) is 0 Å². The van der Waals surface area contributed by atoms with Crippen molar-refractivity contribution in [2.45, 2.75) is 22.3 Å². The average Bonchev–Trinajstić information content (AvgIpc) is 2.35. The van der Waals surface area contributed by atoms with Crippen molar-refractivity contribution in [3.8, 4) is 0 Å². The van der Waals surface area contributed by atoms with Gasteiger partial charge in [-0.1, -0.05) is 11.6 Å². The quantitative estimate of drug-likeness (QED) is 0.646. The topological polar surface area (TPSA) is 121 Å². The molecule has 0 saturated heterocycles. The number of sulfone groups is 1. The molecule has 0 aliphatic carbocycles. The molecule has 7 nitrogen and oxygen atoms in total. The summed E-state index contributed by atoms with van der Waals surface area (Å²) in [5, 5.41) is 18.3. The Labute approximate surface area is 128 Å². The highest BCUT2D eigenvalue weighted by Gasteiger charge is 2.25. The molecule has 1 unspecified atom stereocenters. The van der Waals surface area contributed by atoms with Crippen LogP contribution in [0.15, 0.2) is 28.0 Å². The number of hydrogen-bond donors (Lipinski definition) is 3. The summed E-state index contributed by atoms with van der Waals surface area (Å²) in [7, 11) is -7.73. The van der Waals surface area contributed by atoms with Crippen LogP contribution in [0.1, 0.15) is 6.92 Å². The van der Waals surface area contributed by atoms with E-state index in [1.54, 1.807) is 0 Å². The summed E-state index contributed by atoms with van der Waals surface area (Å²) in [6.07, 6.45) is 0.941. The Balaban J connectivity index is 3.20. The minimum atomic E-state index is -4.13. The van der Waals surface area contributed by atoms with Gasteiger partial charge in [0, 0.05) is 12.8 Å². The van der Waals surface area contributed by atoms with Crippen molar-refractivity contribution in [1.29, 1.82) is 0 Å². The number of aliphatic hydroxyl groups is 2. The second-order valence-corrected chi connectivity index (χ2v) is 9.00. The Bertz CT molecular complexity index is 727. The lowest BCUT2D eigenvalue weighted by atomic mass is 10.1. The van der Waals surface area contributed by atoms with E-state index >= 15 is 0 Å². The van der Waals surface area contributed by atoms with Crippen LogP contribution < -0.4 is 4.72 Å². The van der Waals surface area contributed by atoms with Gasteiger partial charge in [-0.2, -0.15) is 0 Å². The molecule has 0 radical (unpaired) electrons. The molecule has 0 spiro atoms. The van der Waals surface area contributed by atoms with E-state index in [1.165, 1.54) is 13.0 Å².